The zero-order chi connectivity index (χ0) is 12.1. The number of amides is 2. The van der Waals surface area contributed by atoms with Gasteiger partial charge >= 0.3 is 0 Å². The number of likely N-dealkylation sites (tertiary alicyclic amines) is 1. The van der Waals surface area contributed by atoms with Crippen LogP contribution in [-0.2, 0) is 9.59 Å². The van der Waals surface area contributed by atoms with Crippen molar-refractivity contribution in [3.8, 4) is 0 Å². The Balaban J connectivity index is 2.31. The van der Waals surface area contributed by atoms with Gasteiger partial charge < -0.3 is 16.0 Å². The third-order valence-corrected chi connectivity index (χ3v) is 3.30. The molecule has 0 aliphatic carbocycles. The van der Waals surface area contributed by atoms with Gasteiger partial charge in [0.05, 0.1) is 12.1 Å². The normalized spacial score (nSPS) is 22.3. The lowest BCUT2D eigenvalue weighted by Gasteiger charge is -2.16. The second-order valence-electron chi connectivity index (χ2n) is 4.07. The molecule has 0 aromatic heterocycles. The number of nitrogens with two attached hydrogens (primary N) is 1. The Morgan fingerprint density at radius 2 is 2.44 bits per heavy atom. The van der Waals surface area contributed by atoms with Crippen LogP contribution in [0.4, 0.5) is 0 Å². The van der Waals surface area contributed by atoms with Gasteiger partial charge in [-0.15, -0.1) is 0 Å². The predicted molar refractivity (Wildman–Crippen MR) is 65.2 cm³/mol. The van der Waals surface area contributed by atoms with E-state index in [1.807, 2.05) is 6.26 Å². The van der Waals surface area contributed by atoms with Gasteiger partial charge in [0.15, 0.2) is 0 Å². The molecule has 16 heavy (non-hydrogen) atoms. The maximum atomic E-state index is 11.6. The Kier molecular flexibility index (Phi) is 5.08. The smallest absolute Gasteiger partial charge is 0.237 e. The lowest BCUT2D eigenvalue weighted by Crippen LogP contribution is -2.46. The summed E-state index contributed by atoms with van der Waals surface area (Å²) >= 11 is 1.67. The largest absolute Gasteiger partial charge is 0.350 e. The van der Waals surface area contributed by atoms with Crippen molar-refractivity contribution in [3.63, 3.8) is 0 Å². The van der Waals surface area contributed by atoms with Crippen LogP contribution in [0.2, 0.25) is 0 Å². The second-order valence-corrected chi connectivity index (χ2v) is 5.06. The zero-order valence-electron chi connectivity index (χ0n) is 9.73. The van der Waals surface area contributed by atoms with Gasteiger partial charge in [-0.05, 0) is 18.4 Å². The molecular weight excluding hydrogens is 226 g/mol. The number of likely N-dealkylation sites (N-methyl/N-ethyl adjacent to an activating group) is 1. The maximum Gasteiger partial charge on any atom is 0.237 e. The Bertz CT molecular complexity index is 273. The summed E-state index contributed by atoms with van der Waals surface area (Å²) in [4.78, 5) is 24.5. The third kappa shape index (κ3) is 3.68. The Morgan fingerprint density at radius 1 is 1.75 bits per heavy atom. The Hall–Kier alpha value is -0.750. The molecule has 0 aromatic rings. The van der Waals surface area contributed by atoms with Crippen LogP contribution in [0.1, 0.15) is 12.8 Å². The van der Waals surface area contributed by atoms with E-state index >= 15 is 0 Å². The molecule has 1 unspecified atom stereocenters. The van der Waals surface area contributed by atoms with E-state index in [9.17, 15) is 9.59 Å². The fourth-order valence-electron chi connectivity index (χ4n) is 1.64. The van der Waals surface area contributed by atoms with E-state index in [0.717, 1.165) is 5.75 Å². The molecule has 1 aliphatic heterocycles. The summed E-state index contributed by atoms with van der Waals surface area (Å²) in [6, 6.07) is -0.543. The van der Waals surface area contributed by atoms with Crippen molar-refractivity contribution in [2.75, 3.05) is 25.6 Å². The van der Waals surface area contributed by atoms with Gasteiger partial charge in [-0.25, -0.2) is 0 Å². The van der Waals surface area contributed by atoms with Crippen LogP contribution in [0.25, 0.3) is 0 Å². The second kappa shape index (κ2) is 6.10. The van der Waals surface area contributed by atoms with Crippen LogP contribution >= 0.6 is 11.8 Å². The molecule has 6 heteroatoms. The standard InChI is InChI=1S/C10H19N3O2S/c1-13-6-7(5-9(13)14)12-10(15)8(11)3-4-16-2/h7-8H,3-6,11H2,1-2H3,(H,12,15)/t7?,8-/m0/s1. The van der Waals surface area contributed by atoms with Crippen LogP contribution in [0.15, 0.2) is 0 Å². The number of nitrogens with one attached hydrogen (secondary N) is 1. The van der Waals surface area contributed by atoms with Crippen LogP contribution in [-0.4, -0.2) is 54.4 Å². The number of thioether (sulfide) groups is 1. The predicted octanol–water partition coefficient (Wildman–Crippen LogP) is -0.586. The van der Waals surface area contributed by atoms with Crippen molar-refractivity contribution in [3.05, 3.63) is 0 Å². The van der Waals surface area contributed by atoms with Crippen molar-refractivity contribution >= 4 is 23.6 Å². The fourth-order valence-corrected chi connectivity index (χ4v) is 2.13. The van der Waals surface area contributed by atoms with Gasteiger partial charge in [-0.3, -0.25) is 9.59 Å². The minimum atomic E-state index is -0.464. The first-order chi connectivity index (χ1) is 7.54. The molecule has 0 radical (unpaired) electrons. The van der Waals surface area contributed by atoms with Gasteiger partial charge in [0.1, 0.15) is 0 Å². The highest BCUT2D eigenvalue weighted by atomic mass is 32.2. The highest BCUT2D eigenvalue weighted by molar-refractivity contribution is 7.98. The first kappa shape index (κ1) is 13.3. The molecule has 1 fully saturated rings. The lowest BCUT2D eigenvalue weighted by molar-refractivity contribution is -0.126. The summed E-state index contributed by atoms with van der Waals surface area (Å²) in [6.07, 6.45) is 3.04. The highest BCUT2D eigenvalue weighted by Crippen LogP contribution is 2.08. The number of rotatable bonds is 5. The molecule has 1 saturated heterocycles. The molecule has 1 rings (SSSR count). The van der Waals surface area contributed by atoms with Gasteiger partial charge in [0.2, 0.25) is 11.8 Å². The maximum absolute atomic E-state index is 11.6. The molecule has 92 valence electrons. The summed E-state index contributed by atoms with van der Waals surface area (Å²) < 4.78 is 0. The SMILES string of the molecule is CSCC[C@H](N)C(=O)NC1CC(=O)N(C)C1. The quantitative estimate of drug-likeness (QED) is 0.679. The highest BCUT2D eigenvalue weighted by Gasteiger charge is 2.28. The van der Waals surface area contributed by atoms with Gasteiger partial charge in [-0.1, -0.05) is 0 Å². The number of carbonyl (C=O) groups excluding carboxylic acids is 2. The fraction of sp³-hybridized carbons (Fsp3) is 0.800. The van der Waals surface area contributed by atoms with E-state index in [4.69, 9.17) is 5.73 Å². The van der Waals surface area contributed by atoms with E-state index in [-0.39, 0.29) is 17.9 Å². The van der Waals surface area contributed by atoms with Crippen molar-refractivity contribution < 1.29 is 9.59 Å². The van der Waals surface area contributed by atoms with Gasteiger partial charge in [0, 0.05) is 20.0 Å². The van der Waals surface area contributed by atoms with Crippen molar-refractivity contribution in [2.24, 2.45) is 5.73 Å². The first-order valence-electron chi connectivity index (χ1n) is 5.33. The lowest BCUT2D eigenvalue weighted by atomic mass is 10.2. The molecule has 1 heterocycles. The molecule has 3 N–H and O–H groups in total. The number of nitrogens with zero attached hydrogens (tertiary/aromatic N) is 1. The van der Waals surface area contributed by atoms with Crippen molar-refractivity contribution in [1.82, 2.24) is 10.2 Å². The summed E-state index contributed by atoms with van der Waals surface area (Å²) in [5, 5.41) is 2.81. The van der Waals surface area contributed by atoms with Gasteiger partial charge in [-0.2, -0.15) is 11.8 Å². The molecular formula is C10H19N3O2S. The Morgan fingerprint density at radius 3 is 2.94 bits per heavy atom. The average Bonchev–Trinajstić information content (AvgIpc) is 2.54. The van der Waals surface area contributed by atoms with Crippen LogP contribution in [0.3, 0.4) is 0 Å². The summed E-state index contributed by atoms with van der Waals surface area (Å²) in [5.74, 6) is 0.795. The van der Waals surface area contributed by atoms with E-state index < -0.39 is 6.04 Å². The molecule has 0 spiro atoms. The minimum Gasteiger partial charge on any atom is -0.350 e. The van der Waals surface area contributed by atoms with Crippen LogP contribution in [0.5, 0.6) is 0 Å². The van der Waals surface area contributed by atoms with E-state index in [2.05, 4.69) is 5.32 Å². The van der Waals surface area contributed by atoms with Gasteiger partial charge in [0.25, 0.3) is 0 Å². The van der Waals surface area contributed by atoms with Crippen molar-refractivity contribution in [2.45, 2.75) is 24.9 Å². The molecule has 0 saturated carbocycles. The third-order valence-electron chi connectivity index (χ3n) is 2.66. The molecule has 5 nitrogen and oxygen atoms in total. The molecule has 0 bridgehead atoms. The molecule has 0 aromatic carbocycles. The van der Waals surface area contributed by atoms with E-state index in [0.29, 0.717) is 19.4 Å². The number of hydrogen-bond acceptors (Lipinski definition) is 4. The summed E-state index contributed by atoms with van der Waals surface area (Å²) in [5.41, 5.74) is 5.73. The minimum absolute atomic E-state index is 0.0722. The summed E-state index contributed by atoms with van der Waals surface area (Å²) in [6.45, 7) is 0.583. The van der Waals surface area contributed by atoms with Crippen molar-refractivity contribution in [1.29, 1.82) is 0 Å². The molecule has 2 atom stereocenters. The van der Waals surface area contributed by atoms with Crippen LogP contribution in [0, 0.1) is 0 Å². The average molecular weight is 245 g/mol. The van der Waals surface area contributed by atoms with E-state index in [1.54, 1.807) is 23.7 Å². The number of hydrogen-bond donors (Lipinski definition) is 2. The molecule has 1 aliphatic rings. The monoisotopic (exact) mass is 245 g/mol. The van der Waals surface area contributed by atoms with Crippen LogP contribution < -0.4 is 11.1 Å². The summed E-state index contributed by atoms with van der Waals surface area (Å²) in [7, 11) is 1.74. The zero-order valence-corrected chi connectivity index (χ0v) is 10.5. The van der Waals surface area contributed by atoms with E-state index in [1.165, 1.54) is 0 Å². The topological polar surface area (TPSA) is 75.4 Å². The Labute approximate surface area is 100 Å². The molecule has 2 amide bonds. The first-order valence-corrected chi connectivity index (χ1v) is 6.73. The number of carbonyl (C=O) groups is 2.